The first-order valence-corrected chi connectivity index (χ1v) is 5.77. The lowest BCUT2D eigenvalue weighted by Crippen LogP contribution is -2.06. The van der Waals surface area contributed by atoms with E-state index in [1.807, 2.05) is 13.8 Å². The van der Waals surface area contributed by atoms with Crippen LogP contribution in [-0.2, 0) is 0 Å². The quantitative estimate of drug-likeness (QED) is 0.775. The highest BCUT2D eigenvalue weighted by Gasteiger charge is 2.13. The fourth-order valence-electron chi connectivity index (χ4n) is 1.57. The Bertz CT molecular complexity index is 606. The van der Waals surface area contributed by atoms with Crippen LogP contribution in [0.5, 0.6) is 0 Å². The van der Waals surface area contributed by atoms with Crippen LogP contribution in [0.25, 0.3) is 0 Å². The van der Waals surface area contributed by atoms with Gasteiger partial charge in [0.1, 0.15) is 11.4 Å². The van der Waals surface area contributed by atoms with E-state index >= 15 is 0 Å². The molecule has 0 atom stereocenters. The minimum absolute atomic E-state index is 0.0253. The third-order valence-corrected chi connectivity index (χ3v) is 2.53. The number of pyridine rings is 1. The molecule has 0 amide bonds. The van der Waals surface area contributed by atoms with Crippen LogP contribution in [0.3, 0.4) is 0 Å². The summed E-state index contributed by atoms with van der Waals surface area (Å²) in [6, 6.07) is 1.60. The van der Waals surface area contributed by atoms with E-state index in [1.165, 1.54) is 12.3 Å². The first-order chi connectivity index (χ1) is 8.97. The van der Waals surface area contributed by atoms with Gasteiger partial charge in [-0.3, -0.25) is 4.68 Å². The first-order valence-electron chi connectivity index (χ1n) is 5.77. The van der Waals surface area contributed by atoms with Crippen LogP contribution in [0.2, 0.25) is 0 Å². The summed E-state index contributed by atoms with van der Waals surface area (Å²) < 4.78 is 1.76. The second kappa shape index (κ2) is 4.97. The summed E-state index contributed by atoms with van der Waals surface area (Å²) in [5.74, 6) is -0.844. The zero-order chi connectivity index (χ0) is 14.0. The normalized spacial score (nSPS) is 10.7. The number of carboxylic acid groups (broad SMARTS) is 1. The molecule has 100 valence electrons. The van der Waals surface area contributed by atoms with E-state index in [1.54, 1.807) is 17.1 Å². The fourth-order valence-corrected chi connectivity index (χ4v) is 1.57. The lowest BCUT2D eigenvalue weighted by Gasteiger charge is -2.07. The monoisotopic (exact) mass is 261 g/mol. The Hall–Kier alpha value is -2.57. The van der Waals surface area contributed by atoms with E-state index in [-0.39, 0.29) is 17.4 Å². The molecule has 2 aromatic rings. The molecule has 4 N–H and O–H groups in total. The molecule has 7 heteroatoms. The van der Waals surface area contributed by atoms with Gasteiger partial charge >= 0.3 is 5.97 Å². The predicted molar refractivity (Wildman–Crippen MR) is 71.5 cm³/mol. The third-order valence-electron chi connectivity index (χ3n) is 2.53. The van der Waals surface area contributed by atoms with Crippen molar-refractivity contribution in [2.45, 2.75) is 19.9 Å². The highest BCUT2D eigenvalue weighted by molar-refractivity contribution is 5.94. The van der Waals surface area contributed by atoms with Crippen molar-refractivity contribution in [2.75, 3.05) is 11.1 Å². The molecule has 0 spiro atoms. The van der Waals surface area contributed by atoms with E-state index in [0.29, 0.717) is 11.4 Å². The summed E-state index contributed by atoms with van der Waals surface area (Å²) in [7, 11) is 0. The molecule has 19 heavy (non-hydrogen) atoms. The van der Waals surface area contributed by atoms with Gasteiger partial charge in [0.2, 0.25) is 0 Å². The van der Waals surface area contributed by atoms with Crippen molar-refractivity contribution in [3.05, 3.63) is 30.2 Å². The summed E-state index contributed by atoms with van der Waals surface area (Å²) in [4.78, 5) is 15.1. The molecule has 0 aliphatic rings. The van der Waals surface area contributed by atoms with Gasteiger partial charge in [0.05, 0.1) is 23.8 Å². The lowest BCUT2D eigenvalue weighted by molar-refractivity contribution is 0.0697. The van der Waals surface area contributed by atoms with E-state index in [9.17, 15) is 4.79 Å². The molecule has 7 nitrogen and oxygen atoms in total. The lowest BCUT2D eigenvalue weighted by atomic mass is 10.2. The van der Waals surface area contributed by atoms with Gasteiger partial charge in [-0.05, 0) is 19.9 Å². The second-order valence-corrected chi connectivity index (χ2v) is 4.40. The van der Waals surface area contributed by atoms with Crippen molar-refractivity contribution in [1.82, 2.24) is 14.8 Å². The summed E-state index contributed by atoms with van der Waals surface area (Å²) in [5.41, 5.74) is 6.54. The number of carbonyl (C=O) groups is 1. The average Bonchev–Trinajstić information content (AvgIpc) is 2.80. The maximum Gasteiger partial charge on any atom is 0.339 e. The predicted octanol–water partition coefficient (Wildman–Crippen LogP) is 1.88. The molecule has 0 bridgehead atoms. The van der Waals surface area contributed by atoms with Crippen molar-refractivity contribution in [2.24, 2.45) is 0 Å². The average molecular weight is 261 g/mol. The molecule has 2 aromatic heterocycles. The van der Waals surface area contributed by atoms with Crippen molar-refractivity contribution in [3.63, 3.8) is 0 Å². The molecular formula is C12H15N5O2. The number of nitrogens with one attached hydrogen (secondary N) is 1. The largest absolute Gasteiger partial charge is 0.478 e. The SMILES string of the molecule is CC(C)n1cc(Nc2ncc(N)cc2C(=O)O)cn1. The van der Waals surface area contributed by atoms with E-state index in [2.05, 4.69) is 15.4 Å². The van der Waals surface area contributed by atoms with Gasteiger partial charge in [-0.25, -0.2) is 9.78 Å². The molecule has 0 aliphatic carbocycles. The Morgan fingerprint density at radius 3 is 2.79 bits per heavy atom. The Kier molecular flexibility index (Phi) is 3.37. The van der Waals surface area contributed by atoms with Gasteiger partial charge in [0.25, 0.3) is 0 Å². The fraction of sp³-hybridized carbons (Fsp3) is 0.250. The number of nitrogen functional groups attached to an aromatic ring is 1. The van der Waals surface area contributed by atoms with E-state index in [4.69, 9.17) is 10.8 Å². The maximum atomic E-state index is 11.1. The molecule has 0 fully saturated rings. The molecule has 0 aliphatic heterocycles. The zero-order valence-corrected chi connectivity index (χ0v) is 10.7. The van der Waals surface area contributed by atoms with Crippen molar-refractivity contribution < 1.29 is 9.90 Å². The van der Waals surface area contributed by atoms with Crippen molar-refractivity contribution in [1.29, 1.82) is 0 Å². The minimum Gasteiger partial charge on any atom is -0.478 e. The molecule has 0 radical (unpaired) electrons. The third kappa shape index (κ3) is 2.82. The van der Waals surface area contributed by atoms with Crippen LogP contribution in [0.4, 0.5) is 17.2 Å². The van der Waals surface area contributed by atoms with Gasteiger partial charge in [0.15, 0.2) is 0 Å². The number of aromatic carboxylic acids is 1. The molecule has 2 heterocycles. The van der Waals surface area contributed by atoms with Crippen LogP contribution in [0, 0.1) is 0 Å². The number of carboxylic acids is 1. The molecule has 0 saturated carbocycles. The Morgan fingerprint density at radius 2 is 2.21 bits per heavy atom. The number of aromatic nitrogens is 3. The minimum atomic E-state index is -1.08. The van der Waals surface area contributed by atoms with Crippen LogP contribution in [-0.4, -0.2) is 25.8 Å². The number of anilines is 3. The van der Waals surface area contributed by atoms with E-state index in [0.717, 1.165) is 0 Å². The van der Waals surface area contributed by atoms with Gasteiger partial charge in [-0.2, -0.15) is 5.10 Å². The Morgan fingerprint density at radius 1 is 1.47 bits per heavy atom. The molecule has 0 saturated heterocycles. The number of nitrogens with two attached hydrogens (primary N) is 1. The maximum absolute atomic E-state index is 11.1. The highest BCUT2D eigenvalue weighted by Crippen LogP contribution is 2.20. The first kappa shape index (κ1) is 12.9. The van der Waals surface area contributed by atoms with Crippen molar-refractivity contribution >= 4 is 23.2 Å². The van der Waals surface area contributed by atoms with E-state index < -0.39 is 5.97 Å². The van der Waals surface area contributed by atoms with Gasteiger partial charge in [0, 0.05) is 12.2 Å². The number of hydrogen-bond donors (Lipinski definition) is 3. The number of hydrogen-bond acceptors (Lipinski definition) is 5. The highest BCUT2D eigenvalue weighted by atomic mass is 16.4. The number of rotatable bonds is 4. The van der Waals surface area contributed by atoms with Crippen LogP contribution in [0.15, 0.2) is 24.7 Å². The van der Waals surface area contributed by atoms with Gasteiger partial charge in [-0.15, -0.1) is 0 Å². The van der Waals surface area contributed by atoms with Crippen molar-refractivity contribution in [3.8, 4) is 0 Å². The van der Waals surface area contributed by atoms with Gasteiger partial charge < -0.3 is 16.2 Å². The van der Waals surface area contributed by atoms with Crippen LogP contribution < -0.4 is 11.1 Å². The summed E-state index contributed by atoms with van der Waals surface area (Å²) >= 11 is 0. The summed E-state index contributed by atoms with van der Waals surface area (Å²) in [6.07, 6.45) is 4.81. The zero-order valence-electron chi connectivity index (χ0n) is 10.7. The van der Waals surface area contributed by atoms with Crippen LogP contribution >= 0.6 is 0 Å². The standard InChI is InChI=1S/C12H15N5O2/c1-7(2)17-6-9(5-15-17)16-11-10(12(18)19)3-8(13)4-14-11/h3-7H,13H2,1-2H3,(H,14,16)(H,18,19). The molecular weight excluding hydrogens is 246 g/mol. The number of nitrogens with zero attached hydrogens (tertiary/aromatic N) is 3. The molecule has 2 rings (SSSR count). The molecule has 0 unspecified atom stereocenters. The Labute approximate surface area is 110 Å². The summed E-state index contributed by atoms with van der Waals surface area (Å²) in [5, 5.41) is 16.2. The second-order valence-electron chi connectivity index (χ2n) is 4.40. The molecule has 0 aromatic carbocycles. The van der Waals surface area contributed by atoms with Gasteiger partial charge in [-0.1, -0.05) is 0 Å². The summed E-state index contributed by atoms with van der Waals surface area (Å²) in [6.45, 7) is 4.00. The topological polar surface area (TPSA) is 106 Å². The smallest absolute Gasteiger partial charge is 0.339 e. The Balaban J connectivity index is 2.29. The van der Waals surface area contributed by atoms with Crippen LogP contribution in [0.1, 0.15) is 30.2 Å².